The van der Waals surface area contributed by atoms with E-state index in [0.29, 0.717) is 0 Å². The van der Waals surface area contributed by atoms with Crippen LogP contribution in [0.5, 0.6) is 0 Å². The highest BCUT2D eigenvalue weighted by Crippen LogP contribution is 2.38. The summed E-state index contributed by atoms with van der Waals surface area (Å²) in [6.45, 7) is 4.42. The Morgan fingerprint density at radius 3 is 1.46 bits per heavy atom. The average molecular weight is 621 g/mol. The summed E-state index contributed by atoms with van der Waals surface area (Å²) in [6, 6.07) is 54.1. The minimum atomic E-state index is 1.07. The SMILES string of the molecule is Cc1cc(/C=C/c2ccc(N(C3=CCCC=C3)c3ccccc3)cc2)ccc1-c1ccc(N(c2ccccc2)c2ccccc2)cc1C. The Balaban J connectivity index is 1.11. The van der Waals surface area contributed by atoms with Crippen molar-refractivity contribution in [2.75, 3.05) is 9.80 Å². The average Bonchev–Trinajstić information content (AvgIpc) is 3.14. The van der Waals surface area contributed by atoms with Gasteiger partial charge in [0.2, 0.25) is 0 Å². The zero-order valence-corrected chi connectivity index (χ0v) is 27.6. The second-order valence-electron chi connectivity index (χ2n) is 12.3. The fourth-order valence-electron chi connectivity index (χ4n) is 6.50. The molecular formula is C46H40N2. The van der Waals surface area contributed by atoms with Crippen LogP contribution in [0.15, 0.2) is 176 Å². The molecule has 48 heavy (non-hydrogen) atoms. The van der Waals surface area contributed by atoms with Crippen LogP contribution < -0.4 is 9.80 Å². The van der Waals surface area contributed by atoms with E-state index in [2.05, 4.69) is 206 Å². The smallest absolute Gasteiger partial charge is 0.0464 e. The Bertz CT molecular complexity index is 2030. The molecule has 234 valence electrons. The van der Waals surface area contributed by atoms with Gasteiger partial charge in [-0.2, -0.15) is 0 Å². The third-order valence-electron chi connectivity index (χ3n) is 8.91. The summed E-state index contributed by atoms with van der Waals surface area (Å²) in [5, 5.41) is 0. The Morgan fingerprint density at radius 1 is 0.438 bits per heavy atom. The standard InChI is InChI=1S/C46H40N2/c1-35-33-38(24-23-37-25-28-43(29-26-37)47(39-15-7-3-8-16-39)40-17-9-4-10-18-40)27-31-45(35)46-32-30-44(34-36(46)2)48(41-19-11-5-12-20-41)42-21-13-6-14-22-42/h3,5-9,11-34H,4,10H2,1-2H3/b24-23+. The lowest BCUT2D eigenvalue weighted by molar-refractivity contribution is 0.997. The van der Waals surface area contributed by atoms with Crippen molar-refractivity contribution in [2.24, 2.45) is 0 Å². The van der Waals surface area contributed by atoms with Crippen molar-refractivity contribution in [3.05, 3.63) is 198 Å². The van der Waals surface area contributed by atoms with Gasteiger partial charge in [0.25, 0.3) is 0 Å². The quantitative estimate of drug-likeness (QED) is 0.148. The summed E-state index contributed by atoms with van der Waals surface area (Å²) in [7, 11) is 0. The number of rotatable bonds is 9. The normalized spacial score (nSPS) is 12.6. The van der Waals surface area contributed by atoms with E-state index >= 15 is 0 Å². The fourth-order valence-corrected chi connectivity index (χ4v) is 6.50. The van der Waals surface area contributed by atoms with Crippen molar-refractivity contribution < 1.29 is 0 Å². The van der Waals surface area contributed by atoms with Gasteiger partial charge in [0.15, 0.2) is 0 Å². The molecule has 0 radical (unpaired) electrons. The van der Waals surface area contributed by atoms with Gasteiger partial charge >= 0.3 is 0 Å². The molecule has 2 heteroatoms. The maximum absolute atomic E-state index is 2.33. The van der Waals surface area contributed by atoms with Crippen LogP contribution in [0.2, 0.25) is 0 Å². The molecule has 0 aromatic heterocycles. The Hall–Kier alpha value is -5.86. The molecule has 2 nitrogen and oxygen atoms in total. The summed E-state index contributed by atoms with van der Waals surface area (Å²) < 4.78 is 0. The lowest BCUT2D eigenvalue weighted by Gasteiger charge is -2.27. The molecule has 0 saturated carbocycles. The van der Waals surface area contributed by atoms with Crippen molar-refractivity contribution >= 4 is 40.6 Å². The maximum Gasteiger partial charge on any atom is 0.0464 e. The Kier molecular flexibility index (Phi) is 9.15. The highest BCUT2D eigenvalue weighted by atomic mass is 15.1. The lowest BCUT2D eigenvalue weighted by Crippen LogP contribution is -2.16. The first-order chi connectivity index (χ1) is 23.6. The van der Waals surface area contributed by atoms with E-state index in [1.54, 1.807) is 0 Å². The highest BCUT2D eigenvalue weighted by Gasteiger charge is 2.15. The second-order valence-corrected chi connectivity index (χ2v) is 12.3. The lowest BCUT2D eigenvalue weighted by atomic mass is 9.94. The van der Waals surface area contributed by atoms with Crippen molar-refractivity contribution in [3.8, 4) is 11.1 Å². The summed E-state index contributed by atoms with van der Waals surface area (Å²) in [5.74, 6) is 0. The molecule has 0 spiro atoms. The molecule has 0 unspecified atom stereocenters. The number of benzene rings is 6. The minimum Gasteiger partial charge on any atom is -0.311 e. The fraction of sp³-hybridized carbons (Fsp3) is 0.0870. The van der Waals surface area contributed by atoms with Gasteiger partial charge < -0.3 is 9.80 Å². The molecule has 0 N–H and O–H groups in total. The molecule has 0 fully saturated rings. The predicted molar refractivity (Wildman–Crippen MR) is 206 cm³/mol. The monoisotopic (exact) mass is 620 g/mol. The van der Waals surface area contributed by atoms with Crippen LogP contribution in [0.25, 0.3) is 23.3 Å². The second kappa shape index (κ2) is 14.3. The molecule has 1 aliphatic carbocycles. The molecule has 0 saturated heterocycles. The van der Waals surface area contributed by atoms with E-state index in [0.717, 1.165) is 35.6 Å². The molecule has 1 aliphatic rings. The van der Waals surface area contributed by atoms with Crippen LogP contribution in [0, 0.1) is 13.8 Å². The van der Waals surface area contributed by atoms with E-state index in [9.17, 15) is 0 Å². The first-order valence-corrected chi connectivity index (χ1v) is 16.8. The van der Waals surface area contributed by atoms with E-state index in [1.807, 2.05) is 0 Å². The van der Waals surface area contributed by atoms with Gasteiger partial charge in [-0.1, -0.05) is 115 Å². The summed E-state index contributed by atoms with van der Waals surface area (Å²) in [4.78, 5) is 4.65. The minimum absolute atomic E-state index is 1.07. The number of aryl methyl sites for hydroxylation is 2. The van der Waals surface area contributed by atoms with Gasteiger partial charge in [0.1, 0.15) is 0 Å². The summed E-state index contributed by atoms with van der Waals surface area (Å²) >= 11 is 0. The van der Waals surface area contributed by atoms with Gasteiger partial charge in [0, 0.05) is 34.1 Å². The number of allylic oxidation sites excluding steroid dienone is 3. The van der Waals surface area contributed by atoms with Gasteiger partial charge in [-0.05, 0) is 127 Å². The van der Waals surface area contributed by atoms with Crippen molar-refractivity contribution in [3.63, 3.8) is 0 Å². The molecule has 0 bridgehead atoms. The topological polar surface area (TPSA) is 6.48 Å². The summed E-state index contributed by atoms with van der Waals surface area (Å²) in [5.41, 5.74) is 14.4. The molecular weight excluding hydrogens is 581 g/mol. The van der Waals surface area contributed by atoms with E-state index in [-0.39, 0.29) is 0 Å². The maximum atomic E-state index is 2.33. The van der Waals surface area contributed by atoms with Crippen LogP contribution in [-0.4, -0.2) is 0 Å². The van der Waals surface area contributed by atoms with Gasteiger partial charge in [-0.15, -0.1) is 0 Å². The molecule has 7 rings (SSSR count). The van der Waals surface area contributed by atoms with E-state index in [1.165, 1.54) is 44.8 Å². The van der Waals surface area contributed by atoms with Gasteiger partial charge in [-0.3, -0.25) is 0 Å². The molecule has 0 heterocycles. The first-order valence-electron chi connectivity index (χ1n) is 16.8. The highest BCUT2D eigenvalue weighted by molar-refractivity contribution is 5.81. The predicted octanol–water partition coefficient (Wildman–Crippen LogP) is 13.0. The van der Waals surface area contributed by atoms with E-state index in [4.69, 9.17) is 0 Å². The van der Waals surface area contributed by atoms with Crippen LogP contribution in [0.4, 0.5) is 28.4 Å². The Morgan fingerprint density at radius 2 is 0.917 bits per heavy atom. The number of nitrogens with zero attached hydrogens (tertiary/aromatic N) is 2. The summed E-state index contributed by atoms with van der Waals surface area (Å²) in [6.07, 6.45) is 13.4. The number of para-hydroxylation sites is 3. The van der Waals surface area contributed by atoms with Crippen molar-refractivity contribution in [2.45, 2.75) is 26.7 Å². The third kappa shape index (κ3) is 6.79. The van der Waals surface area contributed by atoms with Crippen LogP contribution in [-0.2, 0) is 0 Å². The van der Waals surface area contributed by atoms with Crippen LogP contribution in [0.3, 0.4) is 0 Å². The van der Waals surface area contributed by atoms with Crippen LogP contribution >= 0.6 is 0 Å². The Labute approximate surface area is 285 Å². The molecule has 0 atom stereocenters. The third-order valence-corrected chi connectivity index (χ3v) is 8.91. The number of hydrogen-bond acceptors (Lipinski definition) is 2. The molecule has 0 amide bonds. The van der Waals surface area contributed by atoms with Crippen molar-refractivity contribution in [1.29, 1.82) is 0 Å². The molecule has 6 aromatic carbocycles. The largest absolute Gasteiger partial charge is 0.311 e. The van der Waals surface area contributed by atoms with Gasteiger partial charge in [0.05, 0.1) is 0 Å². The van der Waals surface area contributed by atoms with Gasteiger partial charge in [-0.25, -0.2) is 0 Å². The van der Waals surface area contributed by atoms with Crippen LogP contribution in [0.1, 0.15) is 35.1 Å². The van der Waals surface area contributed by atoms with Crippen molar-refractivity contribution in [1.82, 2.24) is 0 Å². The number of anilines is 5. The number of hydrogen-bond donors (Lipinski definition) is 0. The van der Waals surface area contributed by atoms with E-state index < -0.39 is 0 Å². The first kappa shape index (κ1) is 30.8. The molecule has 0 aliphatic heterocycles. The zero-order valence-electron chi connectivity index (χ0n) is 27.6. The zero-order chi connectivity index (χ0) is 32.7. The molecule has 6 aromatic rings.